The van der Waals surface area contributed by atoms with Gasteiger partial charge in [-0.05, 0) is 0 Å². The molecule has 0 aliphatic rings. The summed E-state index contributed by atoms with van der Waals surface area (Å²) in [7, 11) is 0. The molecule has 0 saturated carbocycles. The summed E-state index contributed by atoms with van der Waals surface area (Å²) in [5.74, 6) is 0. The summed E-state index contributed by atoms with van der Waals surface area (Å²) in [6.07, 6.45) is 4.47. The molecule has 0 aliphatic heterocycles. The van der Waals surface area contributed by atoms with Crippen molar-refractivity contribution in [3.05, 3.63) is 18.9 Å². The van der Waals surface area contributed by atoms with E-state index in [1.807, 2.05) is 0 Å². The van der Waals surface area contributed by atoms with Crippen molar-refractivity contribution < 1.29 is 42.8 Å². The molecule has 1 aromatic rings. The van der Waals surface area contributed by atoms with Crippen LogP contribution in [-0.4, -0.2) is 43.3 Å². The average Bonchev–Trinajstić information content (AvgIpc) is 1.76. The van der Waals surface area contributed by atoms with E-state index in [-0.39, 0.29) is 50.7 Å². The molecule has 13 heavy (non-hydrogen) atoms. The smallest absolute Gasteiger partial charge is 0.180 e. The van der Waals surface area contributed by atoms with Crippen molar-refractivity contribution in [1.82, 2.24) is 4.98 Å². The molecule has 0 amide bonds. The van der Waals surface area contributed by atoms with Crippen LogP contribution in [0.1, 0.15) is 0 Å². The molecule has 0 saturated heterocycles. The van der Waals surface area contributed by atoms with Crippen molar-refractivity contribution in [2.75, 3.05) is 0 Å². The van der Waals surface area contributed by atoms with Gasteiger partial charge in [0.05, 0.1) is 6.20 Å². The van der Waals surface area contributed by atoms with Crippen LogP contribution in [0.15, 0.2) is 23.3 Å². The average molecular weight is 232 g/mol. The first-order valence-corrected chi connectivity index (χ1v) is 1.32. The highest BCUT2D eigenvalue weighted by Gasteiger charge is 1.59. The molecule has 90 valence electrons. The number of hydrogen-bond donors (Lipinski definition) is 0. The third kappa shape index (κ3) is 53.6. The van der Waals surface area contributed by atoms with E-state index >= 15 is 0 Å². The molecule has 0 unspecified atom stereocenters. The molecule has 0 bridgehead atoms. The van der Waals surface area contributed by atoms with Crippen LogP contribution >= 0.6 is 12.4 Å². The Bertz CT molecular complexity index is 75.9. The molecule has 0 aliphatic carbocycles. The van der Waals surface area contributed by atoms with Gasteiger partial charge in [0.1, 0.15) is 6.26 Å². The Balaban J connectivity index is -0.00000000521. The summed E-state index contributed by atoms with van der Waals surface area (Å²) >= 11 is 0. The van der Waals surface area contributed by atoms with Crippen LogP contribution in [0.4, 0.5) is 0 Å². The third-order valence-electron chi connectivity index (χ3n) is 0.347. The molecule has 0 aromatic carbocycles. The highest BCUT2D eigenvalue weighted by Crippen LogP contribution is 1.72. The standard InChI is InChI=1S/C3H3NO.ClH.7H2O/c1-2-5-3-4-1;;;;;;;;/h1-3H;1H;7*1H2. The van der Waals surface area contributed by atoms with Crippen molar-refractivity contribution in [3.8, 4) is 0 Å². The van der Waals surface area contributed by atoms with Gasteiger partial charge in [-0.15, -0.1) is 12.4 Å². The number of aromatic nitrogens is 1. The van der Waals surface area contributed by atoms with Crippen molar-refractivity contribution in [3.63, 3.8) is 0 Å². The molecule has 14 N–H and O–H groups in total. The van der Waals surface area contributed by atoms with Gasteiger partial charge >= 0.3 is 0 Å². The van der Waals surface area contributed by atoms with Crippen LogP contribution < -0.4 is 0 Å². The lowest BCUT2D eigenvalue weighted by Gasteiger charge is -1.47. The SMILES string of the molecule is Cl.O.O.O.O.O.O.O.c1cocn1. The van der Waals surface area contributed by atoms with E-state index in [0.29, 0.717) is 0 Å². The van der Waals surface area contributed by atoms with Gasteiger partial charge in [-0.2, -0.15) is 0 Å². The third-order valence-corrected chi connectivity index (χ3v) is 0.347. The number of hydrogen-bond acceptors (Lipinski definition) is 2. The van der Waals surface area contributed by atoms with Crippen LogP contribution in [0.5, 0.6) is 0 Å². The maximum atomic E-state index is 4.47. The van der Waals surface area contributed by atoms with Crippen molar-refractivity contribution in [1.29, 1.82) is 0 Å². The van der Waals surface area contributed by atoms with E-state index < -0.39 is 0 Å². The maximum absolute atomic E-state index is 4.47. The fraction of sp³-hybridized carbons (Fsp3) is 0. The second kappa shape index (κ2) is 65.8. The van der Waals surface area contributed by atoms with E-state index in [9.17, 15) is 0 Å². The number of halogens is 1. The van der Waals surface area contributed by atoms with E-state index in [4.69, 9.17) is 0 Å². The second-order valence-electron chi connectivity index (χ2n) is 0.676. The lowest BCUT2D eigenvalue weighted by molar-refractivity contribution is 0.558. The predicted octanol–water partition coefficient (Wildman–Crippen LogP) is -4.68. The van der Waals surface area contributed by atoms with Crippen LogP contribution in [0.2, 0.25) is 0 Å². The summed E-state index contributed by atoms with van der Waals surface area (Å²) in [5.41, 5.74) is 0. The zero-order valence-corrected chi connectivity index (χ0v) is 7.31. The Morgan fingerprint density at radius 2 is 1.15 bits per heavy atom. The number of oxazole rings is 1. The minimum atomic E-state index is 0. The molecule has 10 heteroatoms. The number of nitrogens with zero attached hydrogens (tertiary/aromatic N) is 1. The Hall–Kier alpha value is -0.780. The number of rotatable bonds is 0. The Labute approximate surface area is 80.0 Å². The first-order valence-electron chi connectivity index (χ1n) is 1.32. The molecular weight excluding hydrogens is 213 g/mol. The molecule has 0 fully saturated rings. The summed E-state index contributed by atoms with van der Waals surface area (Å²) in [6, 6.07) is 0. The van der Waals surface area contributed by atoms with Gasteiger partial charge < -0.3 is 42.8 Å². The first-order chi connectivity index (χ1) is 2.50. The molecule has 0 radical (unpaired) electrons. The summed E-state index contributed by atoms with van der Waals surface area (Å²) in [5, 5.41) is 0. The van der Waals surface area contributed by atoms with Crippen molar-refractivity contribution in [2.45, 2.75) is 0 Å². The lowest BCUT2D eigenvalue weighted by atomic mass is 11.0. The van der Waals surface area contributed by atoms with Gasteiger partial charge in [-0.25, -0.2) is 4.98 Å². The molecule has 0 spiro atoms. The lowest BCUT2D eigenvalue weighted by Crippen LogP contribution is -1.38. The summed E-state index contributed by atoms with van der Waals surface area (Å²) in [4.78, 5) is 3.56. The first kappa shape index (κ1) is 86.4. The van der Waals surface area contributed by atoms with E-state index in [0.717, 1.165) is 0 Å². The van der Waals surface area contributed by atoms with Gasteiger partial charge in [0.15, 0.2) is 6.39 Å². The fourth-order valence-corrected chi connectivity index (χ4v) is 0.176. The topological polar surface area (TPSA) is 247 Å². The van der Waals surface area contributed by atoms with Gasteiger partial charge in [-0.3, -0.25) is 0 Å². The summed E-state index contributed by atoms with van der Waals surface area (Å²) in [6.45, 7) is 0. The van der Waals surface area contributed by atoms with Crippen LogP contribution in [0, 0.1) is 0 Å². The Morgan fingerprint density at radius 3 is 1.23 bits per heavy atom. The molecule has 0 atom stereocenters. The van der Waals surface area contributed by atoms with Gasteiger partial charge in [0.25, 0.3) is 0 Å². The highest BCUT2D eigenvalue weighted by atomic mass is 35.5. The minimum absolute atomic E-state index is 0. The predicted molar refractivity (Wildman–Crippen MR) is 49.0 cm³/mol. The minimum Gasteiger partial charge on any atom is -0.452 e. The largest absolute Gasteiger partial charge is 0.452 e. The molecule has 1 heterocycles. The van der Waals surface area contributed by atoms with E-state index in [1.165, 1.54) is 12.7 Å². The highest BCUT2D eigenvalue weighted by molar-refractivity contribution is 5.85. The van der Waals surface area contributed by atoms with Crippen molar-refractivity contribution >= 4 is 12.4 Å². The molecule has 9 nitrogen and oxygen atoms in total. The molecule has 1 aromatic heterocycles. The van der Waals surface area contributed by atoms with Gasteiger partial charge in [0, 0.05) is 0 Å². The molecular formula is C3H18ClNO8. The van der Waals surface area contributed by atoms with Crippen LogP contribution in [0.3, 0.4) is 0 Å². The zero-order valence-electron chi connectivity index (χ0n) is 6.50. The Morgan fingerprint density at radius 1 is 0.769 bits per heavy atom. The van der Waals surface area contributed by atoms with Gasteiger partial charge in [0.2, 0.25) is 0 Å². The van der Waals surface area contributed by atoms with Crippen LogP contribution in [-0.2, 0) is 0 Å². The quantitative estimate of drug-likeness (QED) is 0.427. The second-order valence-corrected chi connectivity index (χ2v) is 0.676. The van der Waals surface area contributed by atoms with E-state index in [1.54, 1.807) is 6.20 Å². The summed E-state index contributed by atoms with van der Waals surface area (Å²) < 4.78 is 4.47. The van der Waals surface area contributed by atoms with Crippen molar-refractivity contribution in [2.24, 2.45) is 0 Å². The van der Waals surface area contributed by atoms with E-state index in [2.05, 4.69) is 9.40 Å². The Kier molecular flexibility index (Phi) is 437. The van der Waals surface area contributed by atoms with Crippen LogP contribution in [0.25, 0.3) is 0 Å². The molecule has 1 rings (SSSR count). The fourth-order valence-electron chi connectivity index (χ4n) is 0.176. The maximum Gasteiger partial charge on any atom is 0.180 e. The zero-order chi connectivity index (χ0) is 3.54. The normalized spacial score (nSPS) is 3.08. The van der Waals surface area contributed by atoms with Gasteiger partial charge in [-0.1, -0.05) is 0 Å². The monoisotopic (exact) mass is 231 g/mol.